The zero-order valence-corrected chi connectivity index (χ0v) is 10.8. The largest absolute Gasteiger partial charge is 0.478 e. The van der Waals surface area contributed by atoms with Gasteiger partial charge in [0.1, 0.15) is 0 Å². The van der Waals surface area contributed by atoms with E-state index >= 15 is 0 Å². The first kappa shape index (κ1) is 14.4. The normalized spacial score (nSPS) is 14.3. The van der Waals surface area contributed by atoms with Crippen molar-refractivity contribution >= 4 is 11.9 Å². The van der Waals surface area contributed by atoms with Crippen LogP contribution in [0, 0.1) is 0 Å². The molecule has 0 bridgehead atoms. The van der Waals surface area contributed by atoms with Crippen LogP contribution in [-0.2, 0) is 11.2 Å². The number of nitrogens with zero attached hydrogens (tertiary/aromatic N) is 1. The fourth-order valence-electron chi connectivity index (χ4n) is 2.08. The van der Waals surface area contributed by atoms with Crippen LogP contribution >= 0.6 is 0 Å². The summed E-state index contributed by atoms with van der Waals surface area (Å²) in [5, 5.41) is 8.88. The summed E-state index contributed by atoms with van der Waals surface area (Å²) in [6.45, 7) is -0.553. The second-order valence-electron chi connectivity index (χ2n) is 4.85. The van der Waals surface area contributed by atoms with E-state index in [0.29, 0.717) is 5.56 Å². The predicted octanol–water partition coefficient (Wildman–Crippen LogP) is 2.18. The molecule has 0 unspecified atom stereocenters. The Morgan fingerprint density at radius 1 is 1.35 bits per heavy atom. The van der Waals surface area contributed by atoms with Gasteiger partial charge in [0, 0.05) is 6.04 Å². The summed E-state index contributed by atoms with van der Waals surface area (Å²) in [6, 6.07) is 5.90. The molecule has 1 N–H and O–H groups in total. The van der Waals surface area contributed by atoms with Crippen LogP contribution in [0.3, 0.4) is 0 Å². The number of hydrogen-bond donors (Lipinski definition) is 1. The number of aromatic carboxylic acids is 1. The van der Waals surface area contributed by atoms with Gasteiger partial charge in [-0.3, -0.25) is 4.79 Å². The van der Waals surface area contributed by atoms with Gasteiger partial charge in [0.05, 0.1) is 18.5 Å². The number of carbonyl (C=O) groups is 2. The molecule has 20 heavy (non-hydrogen) atoms. The van der Waals surface area contributed by atoms with E-state index in [0.717, 1.165) is 12.8 Å². The maximum atomic E-state index is 12.5. The van der Waals surface area contributed by atoms with E-state index in [1.54, 1.807) is 12.1 Å². The van der Waals surface area contributed by atoms with Crippen molar-refractivity contribution in [3.63, 3.8) is 0 Å². The molecule has 1 aromatic carbocycles. The Kier molecular flexibility index (Phi) is 4.32. The molecule has 1 amide bonds. The van der Waals surface area contributed by atoms with Gasteiger partial charge in [0.2, 0.25) is 5.91 Å². The molecule has 1 aromatic rings. The van der Waals surface area contributed by atoms with Gasteiger partial charge in [-0.15, -0.1) is 0 Å². The minimum Gasteiger partial charge on any atom is -0.478 e. The Labute approximate surface area is 115 Å². The van der Waals surface area contributed by atoms with E-state index in [1.165, 1.54) is 17.0 Å². The van der Waals surface area contributed by atoms with Crippen LogP contribution in [0.5, 0.6) is 0 Å². The van der Waals surface area contributed by atoms with Crippen molar-refractivity contribution < 1.29 is 23.5 Å². The zero-order valence-electron chi connectivity index (χ0n) is 10.8. The van der Waals surface area contributed by atoms with E-state index in [2.05, 4.69) is 0 Å². The molecule has 0 aliphatic heterocycles. The number of amides is 1. The lowest BCUT2D eigenvalue weighted by Gasteiger charge is -2.22. The highest BCUT2D eigenvalue weighted by Gasteiger charge is 2.33. The molecule has 1 aliphatic carbocycles. The monoisotopic (exact) mass is 283 g/mol. The third kappa shape index (κ3) is 3.76. The highest BCUT2D eigenvalue weighted by Crippen LogP contribution is 2.28. The zero-order chi connectivity index (χ0) is 14.7. The van der Waals surface area contributed by atoms with Crippen LogP contribution in [0.4, 0.5) is 8.78 Å². The smallest absolute Gasteiger partial charge is 0.335 e. The van der Waals surface area contributed by atoms with Crippen molar-refractivity contribution in [1.82, 2.24) is 4.90 Å². The number of alkyl halides is 2. The quantitative estimate of drug-likeness (QED) is 0.870. The van der Waals surface area contributed by atoms with E-state index in [9.17, 15) is 18.4 Å². The van der Waals surface area contributed by atoms with Crippen LogP contribution in [0.15, 0.2) is 24.3 Å². The highest BCUT2D eigenvalue weighted by atomic mass is 19.3. The number of hydrogen-bond acceptors (Lipinski definition) is 2. The average molecular weight is 283 g/mol. The molecule has 4 nitrogen and oxygen atoms in total. The van der Waals surface area contributed by atoms with Crippen LogP contribution in [0.25, 0.3) is 0 Å². The molecule has 1 aliphatic rings. The average Bonchev–Trinajstić information content (AvgIpc) is 3.20. The molecule has 1 fully saturated rings. The first-order chi connectivity index (χ1) is 9.47. The summed E-state index contributed by atoms with van der Waals surface area (Å²) in [7, 11) is 0. The Morgan fingerprint density at radius 3 is 2.60 bits per heavy atom. The Morgan fingerprint density at radius 2 is 2.05 bits per heavy atom. The molecule has 0 aromatic heterocycles. The summed E-state index contributed by atoms with van der Waals surface area (Å²) >= 11 is 0. The molecule has 0 radical (unpaired) electrons. The van der Waals surface area contributed by atoms with Crippen LogP contribution in [-0.4, -0.2) is 40.9 Å². The molecule has 1 saturated carbocycles. The Bertz CT molecular complexity index is 515. The summed E-state index contributed by atoms with van der Waals surface area (Å²) in [5.74, 6) is -1.46. The standard InChI is InChI=1S/C14H15F2NO3/c15-12(16)8-17(11-4-5-11)13(18)7-9-2-1-3-10(6-9)14(19)20/h1-3,6,11-12H,4-5,7-8H2,(H,19,20). The lowest BCUT2D eigenvalue weighted by Crippen LogP contribution is -2.37. The van der Waals surface area contributed by atoms with E-state index in [1.807, 2.05) is 0 Å². The van der Waals surface area contributed by atoms with Crippen molar-refractivity contribution in [1.29, 1.82) is 0 Å². The van der Waals surface area contributed by atoms with E-state index < -0.39 is 18.9 Å². The summed E-state index contributed by atoms with van der Waals surface area (Å²) in [5.41, 5.74) is 0.608. The maximum Gasteiger partial charge on any atom is 0.335 e. The minimum atomic E-state index is -2.55. The number of benzene rings is 1. The first-order valence-corrected chi connectivity index (χ1v) is 6.37. The van der Waals surface area contributed by atoms with Gasteiger partial charge in [-0.1, -0.05) is 12.1 Å². The number of halogens is 2. The molecule has 0 spiro atoms. The van der Waals surface area contributed by atoms with Gasteiger partial charge < -0.3 is 10.0 Å². The van der Waals surface area contributed by atoms with E-state index in [-0.39, 0.29) is 23.9 Å². The molecule has 2 rings (SSSR count). The van der Waals surface area contributed by atoms with Crippen molar-refractivity contribution in [3.05, 3.63) is 35.4 Å². The van der Waals surface area contributed by atoms with Gasteiger partial charge in [-0.05, 0) is 30.5 Å². The molecule has 6 heteroatoms. The molecular formula is C14H15F2NO3. The fourth-order valence-corrected chi connectivity index (χ4v) is 2.08. The van der Waals surface area contributed by atoms with Crippen LogP contribution < -0.4 is 0 Å². The summed E-state index contributed by atoms with van der Waals surface area (Å²) in [6.07, 6.45) is -1.09. The number of carboxylic acid groups (broad SMARTS) is 1. The Balaban J connectivity index is 2.05. The molecule has 0 saturated heterocycles. The molecule has 0 atom stereocenters. The van der Waals surface area contributed by atoms with Gasteiger partial charge in [-0.25, -0.2) is 13.6 Å². The third-order valence-corrected chi connectivity index (χ3v) is 3.17. The first-order valence-electron chi connectivity index (χ1n) is 6.37. The third-order valence-electron chi connectivity index (χ3n) is 3.17. The molecular weight excluding hydrogens is 268 g/mol. The number of rotatable bonds is 6. The Hall–Kier alpha value is -1.98. The lowest BCUT2D eigenvalue weighted by molar-refractivity contribution is -0.133. The highest BCUT2D eigenvalue weighted by molar-refractivity contribution is 5.88. The van der Waals surface area contributed by atoms with Crippen LogP contribution in [0.2, 0.25) is 0 Å². The predicted molar refractivity (Wildman–Crippen MR) is 67.8 cm³/mol. The van der Waals surface area contributed by atoms with Crippen molar-refractivity contribution in [2.75, 3.05) is 6.54 Å². The second kappa shape index (κ2) is 5.98. The van der Waals surface area contributed by atoms with Crippen LogP contribution in [0.1, 0.15) is 28.8 Å². The van der Waals surface area contributed by atoms with Gasteiger partial charge in [0.25, 0.3) is 6.43 Å². The fraction of sp³-hybridized carbons (Fsp3) is 0.429. The topological polar surface area (TPSA) is 57.6 Å². The maximum absolute atomic E-state index is 12.5. The SMILES string of the molecule is O=C(O)c1cccc(CC(=O)N(CC(F)F)C2CC2)c1. The van der Waals surface area contributed by atoms with E-state index in [4.69, 9.17) is 5.11 Å². The molecule has 0 heterocycles. The van der Waals surface area contributed by atoms with Crippen molar-refractivity contribution in [3.8, 4) is 0 Å². The lowest BCUT2D eigenvalue weighted by atomic mass is 10.1. The molecule has 108 valence electrons. The van der Waals surface area contributed by atoms with Gasteiger partial charge in [0.15, 0.2) is 0 Å². The number of carbonyl (C=O) groups excluding carboxylic acids is 1. The second-order valence-corrected chi connectivity index (χ2v) is 4.85. The van der Waals surface area contributed by atoms with Crippen molar-refractivity contribution in [2.24, 2.45) is 0 Å². The van der Waals surface area contributed by atoms with Gasteiger partial charge in [-0.2, -0.15) is 0 Å². The summed E-state index contributed by atoms with van der Waals surface area (Å²) < 4.78 is 24.9. The number of carboxylic acids is 1. The van der Waals surface area contributed by atoms with Crippen molar-refractivity contribution in [2.45, 2.75) is 31.7 Å². The van der Waals surface area contributed by atoms with Gasteiger partial charge >= 0.3 is 5.97 Å². The summed E-state index contributed by atoms with van der Waals surface area (Å²) in [4.78, 5) is 24.1. The minimum absolute atomic E-state index is 0.0513.